The lowest BCUT2D eigenvalue weighted by Crippen LogP contribution is -2.34. The Morgan fingerprint density at radius 2 is 2.15 bits per heavy atom. The number of nitrogens with one attached hydrogen (secondary N) is 1. The Morgan fingerprint density at radius 1 is 1.40 bits per heavy atom. The van der Waals surface area contributed by atoms with Crippen molar-refractivity contribution in [3.63, 3.8) is 0 Å². The summed E-state index contributed by atoms with van der Waals surface area (Å²) in [6.45, 7) is 5.88. The van der Waals surface area contributed by atoms with Gasteiger partial charge in [-0.05, 0) is 52.3 Å². The van der Waals surface area contributed by atoms with Gasteiger partial charge in [-0.25, -0.2) is 0 Å². The zero-order chi connectivity index (χ0) is 14.7. The average Bonchev–Trinajstić information content (AvgIpc) is 2.65. The first-order valence-corrected chi connectivity index (χ1v) is 7.22. The van der Waals surface area contributed by atoms with E-state index in [9.17, 15) is 4.79 Å². The van der Waals surface area contributed by atoms with Crippen molar-refractivity contribution in [3.8, 4) is 0 Å². The second kappa shape index (κ2) is 6.22. The Kier molecular flexibility index (Phi) is 4.60. The number of carbonyl (C=O) groups excluding carboxylic acids is 1. The first-order valence-electron chi connectivity index (χ1n) is 7.22. The molecule has 1 atom stereocenters. The van der Waals surface area contributed by atoms with Gasteiger partial charge in [-0.1, -0.05) is 0 Å². The predicted octanol–water partition coefficient (Wildman–Crippen LogP) is 1.38. The molecule has 0 aromatic carbocycles. The van der Waals surface area contributed by atoms with Crippen LogP contribution >= 0.6 is 0 Å². The average molecular weight is 276 g/mol. The number of primary amides is 1. The molecule has 2 rings (SSSR count). The van der Waals surface area contributed by atoms with E-state index in [4.69, 9.17) is 5.73 Å². The molecule has 1 fully saturated rings. The van der Waals surface area contributed by atoms with Crippen molar-refractivity contribution in [2.24, 2.45) is 5.73 Å². The van der Waals surface area contributed by atoms with Gasteiger partial charge in [0.2, 0.25) is 0 Å². The molecule has 0 radical (unpaired) electrons. The standard InChI is InChI=1S/C15H24N4O/c1-10-9-13(14(15(16)20)11(2)18-10)19(3)12-5-4-7-17-8-6-12/h9,12,17H,4-8H2,1-3H3,(H2,16,20). The molecule has 1 aromatic heterocycles. The first-order chi connectivity index (χ1) is 9.50. The topological polar surface area (TPSA) is 71.2 Å². The van der Waals surface area contributed by atoms with Gasteiger partial charge in [0.1, 0.15) is 0 Å². The third-order valence-electron chi connectivity index (χ3n) is 4.03. The van der Waals surface area contributed by atoms with E-state index in [2.05, 4.69) is 22.2 Å². The minimum absolute atomic E-state index is 0.399. The van der Waals surface area contributed by atoms with Crippen LogP contribution in [0, 0.1) is 13.8 Å². The monoisotopic (exact) mass is 276 g/mol. The number of nitrogens with zero attached hydrogens (tertiary/aromatic N) is 2. The zero-order valence-electron chi connectivity index (χ0n) is 12.6. The Labute approximate surface area is 120 Å². The van der Waals surface area contributed by atoms with E-state index in [-0.39, 0.29) is 0 Å². The lowest BCUT2D eigenvalue weighted by Gasteiger charge is -2.31. The third-order valence-corrected chi connectivity index (χ3v) is 4.03. The lowest BCUT2D eigenvalue weighted by atomic mass is 10.0. The second-order valence-electron chi connectivity index (χ2n) is 5.55. The summed E-state index contributed by atoms with van der Waals surface area (Å²) in [4.78, 5) is 18.3. The summed E-state index contributed by atoms with van der Waals surface area (Å²) >= 11 is 0. The van der Waals surface area contributed by atoms with Crippen LogP contribution in [0.1, 0.15) is 41.0 Å². The number of hydrogen-bond acceptors (Lipinski definition) is 4. The Hall–Kier alpha value is -1.62. The van der Waals surface area contributed by atoms with Gasteiger partial charge in [-0.2, -0.15) is 0 Å². The molecule has 20 heavy (non-hydrogen) atoms. The molecule has 5 nitrogen and oxygen atoms in total. The molecule has 2 heterocycles. The van der Waals surface area contributed by atoms with Crippen LogP contribution in [-0.4, -0.2) is 37.1 Å². The highest BCUT2D eigenvalue weighted by Crippen LogP contribution is 2.27. The number of nitrogens with two attached hydrogens (primary N) is 1. The fraction of sp³-hybridized carbons (Fsp3) is 0.600. The number of carbonyl (C=O) groups is 1. The zero-order valence-corrected chi connectivity index (χ0v) is 12.6. The maximum absolute atomic E-state index is 11.8. The Bertz CT molecular complexity index is 493. The molecule has 1 unspecified atom stereocenters. The number of aryl methyl sites for hydroxylation is 2. The normalized spacial score (nSPS) is 19.4. The molecule has 5 heteroatoms. The van der Waals surface area contributed by atoms with Crippen LogP contribution < -0.4 is 16.0 Å². The van der Waals surface area contributed by atoms with Gasteiger partial charge in [0.05, 0.1) is 16.9 Å². The number of hydrogen-bond donors (Lipinski definition) is 2. The van der Waals surface area contributed by atoms with Crippen LogP contribution in [0.25, 0.3) is 0 Å². The van der Waals surface area contributed by atoms with E-state index in [1.807, 2.05) is 19.9 Å². The number of pyridine rings is 1. The SMILES string of the molecule is Cc1cc(N(C)C2CCCNCC2)c(C(N)=O)c(C)n1. The molecule has 1 amide bonds. The van der Waals surface area contributed by atoms with Gasteiger partial charge in [0, 0.05) is 18.8 Å². The summed E-state index contributed by atoms with van der Waals surface area (Å²) in [5.74, 6) is -0.399. The highest BCUT2D eigenvalue weighted by molar-refractivity contribution is 5.99. The molecule has 3 N–H and O–H groups in total. The molecule has 1 aromatic rings. The van der Waals surface area contributed by atoms with Gasteiger partial charge in [-0.15, -0.1) is 0 Å². The first kappa shape index (κ1) is 14.8. The van der Waals surface area contributed by atoms with E-state index in [1.54, 1.807) is 0 Å². The Morgan fingerprint density at radius 3 is 2.85 bits per heavy atom. The number of amides is 1. The molecule has 0 aliphatic carbocycles. The fourth-order valence-corrected chi connectivity index (χ4v) is 2.98. The van der Waals surface area contributed by atoms with Gasteiger partial charge < -0.3 is 16.0 Å². The van der Waals surface area contributed by atoms with E-state index < -0.39 is 5.91 Å². The lowest BCUT2D eigenvalue weighted by molar-refractivity contribution is 0.0999. The summed E-state index contributed by atoms with van der Waals surface area (Å²) < 4.78 is 0. The quantitative estimate of drug-likeness (QED) is 0.875. The highest BCUT2D eigenvalue weighted by Gasteiger charge is 2.22. The summed E-state index contributed by atoms with van der Waals surface area (Å²) in [5.41, 5.74) is 8.64. The smallest absolute Gasteiger partial charge is 0.252 e. The van der Waals surface area contributed by atoms with E-state index in [0.29, 0.717) is 17.3 Å². The molecule has 1 aliphatic heterocycles. The largest absolute Gasteiger partial charge is 0.371 e. The number of aromatic nitrogens is 1. The molecule has 110 valence electrons. The van der Waals surface area contributed by atoms with Crippen molar-refractivity contribution < 1.29 is 4.79 Å². The van der Waals surface area contributed by atoms with Crippen molar-refractivity contribution in [2.45, 2.75) is 39.2 Å². The van der Waals surface area contributed by atoms with Crippen LogP contribution in [0.4, 0.5) is 5.69 Å². The number of rotatable bonds is 3. The fourth-order valence-electron chi connectivity index (χ4n) is 2.98. The molecule has 1 saturated heterocycles. The summed E-state index contributed by atoms with van der Waals surface area (Å²) in [6.07, 6.45) is 3.36. The van der Waals surface area contributed by atoms with Gasteiger partial charge in [0.25, 0.3) is 5.91 Å². The van der Waals surface area contributed by atoms with Crippen LogP contribution in [0.2, 0.25) is 0 Å². The van der Waals surface area contributed by atoms with Crippen molar-refractivity contribution in [2.75, 3.05) is 25.0 Å². The van der Waals surface area contributed by atoms with E-state index >= 15 is 0 Å². The summed E-state index contributed by atoms with van der Waals surface area (Å²) in [7, 11) is 2.05. The summed E-state index contributed by atoms with van der Waals surface area (Å²) in [5, 5.41) is 3.41. The van der Waals surface area contributed by atoms with E-state index in [1.165, 1.54) is 0 Å². The van der Waals surface area contributed by atoms with Crippen LogP contribution in [0.5, 0.6) is 0 Å². The van der Waals surface area contributed by atoms with Crippen LogP contribution in [0.3, 0.4) is 0 Å². The van der Waals surface area contributed by atoms with Crippen LogP contribution in [0.15, 0.2) is 6.07 Å². The van der Waals surface area contributed by atoms with Crippen molar-refractivity contribution >= 4 is 11.6 Å². The minimum Gasteiger partial charge on any atom is -0.371 e. The molecule has 0 spiro atoms. The second-order valence-corrected chi connectivity index (χ2v) is 5.55. The number of anilines is 1. The van der Waals surface area contributed by atoms with Crippen molar-refractivity contribution in [3.05, 3.63) is 23.0 Å². The predicted molar refractivity (Wildman–Crippen MR) is 81.1 cm³/mol. The molecular weight excluding hydrogens is 252 g/mol. The van der Waals surface area contributed by atoms with E-state index in [0.717, 1.165) is 43.7 Å². The molecular formula is C15H24N4O. The minimum atomic E-state index is -0.399. The molecule has 0 saturated carbocycles. The maximum atomic E-state index is 11.8. The van der Waals surface area contributed by atoms with Gasteiger partial charge in [0.15, 0.2) is 0 Å². The van der Waals surface area contributed by atoms with Crippen LogP contribution in [-0.2, 0) is 0 Å². The van der Waals surface area contributed by atoms with Gasteiger partial charge in [-0.3, -0.25) is 9.78 Å². The van der Waals surface area contributed by atoms with Crippen molar-refractivity contribution in [1.82, 2.24) is 10.3 Å². The van der Waals surface area contributed by atoms with Gasteiger partial charge >= 0.3 is 0 Å². The van der Waals surface area contributed by atoms with Crippen molar-refractivity contribution in [1.29, 1.82) is 0 Å². The molecule has 0 bridgehead atoms. The maximum Gasteiger partial charge on any atom is 0.252 e. The Balaban J connectivity index is 2.37. The third kappa shape index (κ3) is 3.10. The summed E-state index contributed by atoms with van der Waals surface area (Å²) in [6, 6.07) is 2.40. The molecule has 1 aliphatic rings. The highest BCUT2D eigenvalue weighted by atomic mass is 16.1.